The molecule has 7 nitrogen and oxygen atoms in total. The number of fused-ring (bicyclic) bond motifs is 1. The number of carbonyl (C=O) groups excluding carboxylic acids is 2. The number of nitrogens with one attached hydrogen (secondary N) is 2. The van der Waals surface area contributed by atoms with Crippen LogP contribution in [0, 0.1) is 0 Å². The van der Waals surface area contributed by atoms with E-state index in [0.29, 0.717) is 34.4 Å². The van der Waals surface area contributed by atoms with Crippen LogP contribution in [0.25, 0.3) is 21.9 Å². The molecule has 150 valence electrons. The van der Waals surface area contributed by atoms with Gasteiger partial charge in [0.25, 0.3) is 0 Å². The average molecular weight is 394 g/mol. The Hall–Kier alpha value is -3.74. The van der Waals surface area contributed by atoms with Gasteiger partial charge in [-0.1, -0.05) is 54.6 Å². The summed E-state index contributed by atoms with van der Waals surface area (Å²) in [5, 5.41) is 6.11. The third-order valence-corrected chi connectivity index (χ3v) is 4.23. The monoisotopic (exact) mass is 394 g/mol. The number of benzene rings is 3. The first-order valence-electron chi connectivity index (χ1n) is 9.16. The van der Waals surface area contributed by atoms with Gasteiger partial charge in [-0.2, -0.15) is 0 Å². The summed E-state index contributed by atoms with van der Waals surface area (Å²) in [7, 11) is 2.96. The van der Waals surface area contributed by atoms with Crippen molar-refractivity contribution in [3.63, 3.8) is 0 Å². The lowest BCUT2D eigenvalue weighted by Gasteiger charge is -2.21. The summed E-state index contributed by atoms with van der Waals surface area (Å²) in [6.07, 6.45) is -1.25. The summed E-state index contributed by atoms with van der Waals surface area (Å²) in [4.78, 5) is 24.2. The Bertz CT molecular complexity index is 1030. The van der Waals surface area contributed by atoms with Gasteiger partial charge in [0.15, 0.2) is 17.2 Å². The zero-order valence-electron chi connectivity index (χ0n) is 16.4. The van der Waals surface area contributed by atoms with E-state index in [1.165, 1.54) is 14.1 Å². The highest BCUT2D eigenvalue weighted by Crippen LogP contribution is 2.51. The lowest BCUT2D eigenvalue weighted by atomic mass is 9.97. The highest BCUT2D eigenvalue weighted by Gasteiger charge is 2.26. The van der Waals surface area contributed by atoms with Crippen LogP contribution in [0.4, 0.5) is 9.59 Å². The minimum atomic E-state index is -0.630. The van der Waals surface area contributed by atoms with Crippen LogP contribution >= 0.6 is 0 Å². The maximum absolute atomic E-state index is 12.1. The lowest BCUT2D eigenvalue weighted by molar-refractivity contribution is 0.199. The normalized spacial score (nSPS) is 10.3. The number of ether oxygens (including phenoxy) is 3. The van der Waals surface area contributed by atoms with Gasteiger partial charge < -0.3 is 24.8 Å². The summed E-state index contributed by atoms with van der Waals surface area (Å²) in [5.74, 6) is 0.892. The molecule has 3 aromatic rings. The summed E-state index contributed by atoms with van der Waals surface area (Å²) < 4.78 is 17.1. The molecular formula is C22H22N2O5. The van der Waals surface area contributed by atoms with E-state index in [1.54, 1.807) is 18.2 Å². The predicted molar refractivity (Wildman–Crippen MR) is 111 cm³/mol. The molecule has 7 heteroatoms. The van der Waals surface area contributed by atoms with Gasteiger partial charge in [0.1, 0.15) is 0 Å². The summed E-state index contributed by atoms with van der Waals surface area (Å²) >= 11 is 0. The minimum absolute atomic E-state index is 0.255. The van der Waals surface area contributed by atoms with Crippen molar-refractivity contribution < 1.29 is 23.8 Å². The zero-order chi connectivity index (χ0) is 20.8. The van der Waals surface area contributed by atoms with Gasteiger partial charge in [0, 0.05) is 24.9 Å². The molecule has 0 aliphatic heterocycles. The first-order chi connectivity index (χ1) is 14.1. The fraction of sp³-hybridized carbons (Fsp3) is 0.182. The Balaban J connectivity index is 2.43. The maximum Gasteiger partial charge on any atom is 0.412 e. The van der Waals surface area contributed by atoms with E-state index < -0.39 is 12.2 Å². The third kappa shape index (κ3) is 4.08. The first kappa shape index (κ1) is 20.0. The van der Waals surface area contributed by atoms with Crippen LogP contribution in [0.2, 0.25) is 0 Å². The van der Waals surface area contributed by atoms with Crippen LogP contribution in [0.15, 0.2) is 54.6 Å². The Morgan fingerprint density at radius 2 is 1.28 bits per heavy atom. The van der Waals surface area contributed by atoms with Crippen molar-refractivity contribution in [2.75, 3.05) is 20.7 Å². The molecule has 0 saturated heterocycles. The van der Waals surface area contributed by atoms with Crippen LogP contribution in [-0.2, 0) is 0 Å². The first-order valence-corrected chi connectivity index (χ1v) is 9.16. The van der Waals surface area contributed by atoms with Gasteiger partial charge >= 0.3 is 12.2 Å². The molecule has 0 fully saturated rings. The van der Waals surface area contributed by atoms with E-state index in [4.69, 9.17) is 14.2 Å². The highest BCUT2D eigenvalue weighted by atomic mass is 16.6. The minimum Gasteiger partial charge on any atom is -0.489 e. The summed E-state index contributed by atoms with van der Waals surface area (Å²) in [6.45, 7) is 2.15. The van der Waals surface area contributed by atoms with E-state index in [0.717, 1.165) is 5.56 Å². The standard InChI is InChI=1S/C22H22N2O5/c1-4-27-20-17(14-10-6-5-7-11-14)18(28-21(25)23-2)15-12-8-9-13-16(15)19(20)29-22(26)24-3/h5-13H,4H2,1-3H3,(H,23,25)(H,24,26). The second-order valence-corrected chi connectivity index (χ2v) is 5.99. The SMILES string of the molecule is CCOc1c(-c2ccccc2)c(OC(=O)NC)c2ccccc2c1OC(=O)NC. The largest absolute Gasteiger partial charge is 0.489 e. The van der Waals surface area contributed by atoms with Crippen molar-refractivity contribution in [2.45, 2.75) is 6.92 Å². The Kier molecular flexibility index (Phi) is 6.19. The molecule has 2 N–H and O–H groups in total. The number of rotatable bonds is 5. The second-order valence-electron chi connectivity index (χ2n) is 5.99. The van der Waals surface area contributed by atoms with Gasteiger partial charge in [0.05, 0.1) is 12.2 Å². The smallest absolute Gasteiger partial charge is 0.412 e. The van der Waals surface area contributed by atoms with Crippen molar-refractivity contribution in [2.24, 2.45) is 0 Å². The molecule has 2 amide bonds. The van der Waals surface area contributed by atoms with E-state index in [-0.39, 0.29) is 5.75 Å². The van der Waals surface area contributed by atoms with Crippen LogP contribution in [0.3, 0.4) is 0 Å². The lowest BCUT2D eigenvalue weighted by Crippen LogP contribution is -2.24. The molecule has 0 bridgehead atoms. The molecule has 0 aliphatic carbocycles. The Morgan fingerprint density at radius 3 is 1.83 bits per heavy atom. The molecule has 0 radical (unpaired) electrons. The fourth-order valence-corrected chi connectivity index (χ4v) is 3.00. The Morgan fingerprint density at radius 1 is 0.759 bits per heavy atom. The molecule has 0 spiro atoms. The van der Waals surface area contributed by atoms with Crippen LogP contribution < -0.4 is 24.8 Å². The van der Waals surface area contributed by atoms with E-state index in [1.807, 2.05) is 43.3 Å². The van der Waals surface area contributed by atoms with Crippen LogP contribution in [0.1, 0.15) is 6.92 Å². The number of hydrogen-bond donors (Lipinski definition) is 2. The number of amides is 2. The maximum atomic E-state index is 12.1. The number of hydrogen-bond acceptors (Lipinski definition) is 5. The molecule has 0 heterocycles. The molecule has 3 rings (SSSR count). The molecule has 29 heavy (non-hydrogen) atoms. The zero-order valence-corrected chi connectivity index (χ0v) is 16.4. The number of carbonyl (C=O) groups is 2. The summed E-state index contributed by atoms with van der Waals surface area (Å²) in [6, 6.07) is 16.5. The Labute approximate surface area is 168 Å². The quantitative estimate of drug-likeness (QED) is 0.672. The van der Waals surface area contributed by atoms with Crippen molar-refractivity contribution in [3.05, 3.63) is 54.6 Å². The van der Waals surface area contributed by atoms with Crippen molar-refractivity contribution >= 4 is 23.0 Å². The van der Waals surface area contributed by atoms with Gasteiger partial charge in [-0.05, 0) is 12.5 Å². The van der Waals surface area contributed by atoms with Crippen molar-refractivity contribution in [3.8, 4) is 28.4 Å². The molecule has 0 saturated carbocycles. The average Bonchev–Trinajstić information content (AvgIpc) is 2.76. The van der Waals surface area contributed by atoms with Gasteiger partial charge in [-0.25, -0.2) is 9.59 Å². The summed E-state index contributed by atoms with van der Waals surface area (Å²) in [5.41, 5.74) is 1.27. The molecule has 0 atom stereocenters. The van der Waals surface area contributed by atoms with Crippen molar-refractivity contribution in [1.82, 2.24) is 10.6 Å². The fourth-order valence-electron chi connectivity index (χ4n) is 3.00. The van der Waals surface area contributed by atoms with Gasteiger partial charge in [-0.3, -0.25) is 0 Å². The van der Waals surface area contributed by atoms with E-state index in [9.17, 15) is 9.59 Å². The van der Waals surface area contributed by atoms with E-state index >= 15 is 0 Å². The molecular weight excluding hydrogens is 372 g/mol. The third-order valence-electron chi connectivity index (χ3n) is 4.23. The second kappa shape index (κ2) is 8.97. The molecule has 0 unspecified atom stereocenters. The highest BCUT2D eigenvalue weighted by molar-refractivity contribution is 6.05. The van der Waals surface area contributed by atoms with Crippen molar-refractivity contribution in [1.29, 1.82) is 0 Å². The predicted octanol–water partition coefficient (Wildman–Crippen LogP) is 4.34. The molecule has 3 aromatic carbocycles. The molecule has 0 aromatic heterocycles. The van der Waals surface area contributed by atoms with Gasteiger partial charge in [0.2, 0.25) is 0 Å². The topological polar surface area (TPSA) is 85.9 Å². The van der Waals surface area contributed by atoms with Crippen LogP contribution in [0.5, 0.6) is 17.2 Å². The van der Waals surface area contributed by atoms with Crippen LogP contribution in [-0.4, -0.2) is 32.9 Å². The molecule has 0 aliphatic rings. The van der Waals surface area contributed by atoms with E-state index in [2.05, 4.69) is 10.6 Å². The van der Waals surface area contributed by atoms with Gasteiger partial charge in [-0.15, -0.1) is 0 Å².